The number of nitrogens with two attached hydrogens (primary N) is 3. The Bertz CT molecular complexity index is 618. The van der Waals surface area contributed by atoms with Gasteiger partial charge in [-0.15, -0.1) is 0 Å². The van der Waals surface area contributed by atoms with Crippen molar-refractivity contribution in [2.24, 2.45) is 17.2 Å². The lowest BCUT2D eigenvalue weighted by Crippen LogP contribution is -2.69. The van der Waals surface area contributed by atoms with Gasteiger partial charge >= 0.3 is 0 Å². The Morgan fingerprint density at radius 3 is 2.39 bits per heavy atom. The number of aliphatic hydroxyl groups is 3. The zero-order chi connectivity index (χ0) is 24.3. The minimum absolute atomic E-state index is 0.0421. The molecule has 194 valence electrons. The van der Waals surface area contributed by atoms with Crippen molar-refractivity contribution in [3.05, 3.63) is 0 Å². The lowest BCUT2D eigenvalue weighted by atomic mass is 9.83. The SMILES string of the molecule is CCN[C@@H]1C[C@@H](N)[C@@H](O[C@H]2O[C@H](CN)CC[C@@H]2N)[C@H](O)[C@H]1O[C@@H]1OC[C@@](C)(O)[C@H](NC)[C@H]1O. The molecule has 3 aliphatic rings. The van der Waals surface area contributed by atoms with Gasteiger partial charge in [0.15, 0.2) is 12.6 Å². The van der Waals surface area contributed by atoms with Crippen molar-refractivity contribution in [2.45, 2.75) is 106 Å². The van der Waals surface area contributed by atoms with Crippen molar-refractivity contribution in [1.82, 2.24) is 10.6 Å². The molecule has 0 spiro atoms. The minimum atomic E-state index is -1.28. The van der Waals surface area contributed by atoms with Crippen molar-refractivity contribution in [1.29, 1.82) is 0 Å². The van der Waals surface area contributed by atoms with Gasteiger partial charge in [0.2, 0.25) is 0 Å². The summed E-state index contributed by atoms with van der Waals surface area (Å²) in [4.78, 5) is 0. The molecule has 0 aromatic heterocycles. The highest BCUT2D eigenvalue weighted by atomic mass is 16.7. The fourth-order valence-corrected chi connectivity index (χ4v) is 5.11. The first kappa shape index (κ1) is 27.1. The predicted molar refractivity (Wildman–Crippen MR) is 120 cm³/mol. The van der Waals surface area contributed by atoms with Gasteiger partial charge in [0, 0.05) is 18.6 Å². The van der Waals surface area contributed by atoms with Gasteiger partial charge in [0.05, 0.1) is 24.8 Å². The van der Waals surface area contributed by atoms with E-state index in [1.165, 1.54) is 0 Å². The highest BCUT2D eigenvalue weighted by Gasteiger charge is 2.51. The van der Waals surface area contributed by atoms with E-state index in [1.54, 1.807) is 14.0 Å². The predicted octanol–water partition coefficient (Wildman–Crippen LogP) is -3.33. The molecule has 1 aliphatic carbocycles. The molecule has 2 saturated heterocycles. The molecule has 0 aromatic rings. The van der Waals surface area contributed by atoms with Gasteiger partial charge < -0.3 is 62.1 Å². The van der Waals surface area contributed by atoms with Crippen molar-refractivity contribution in [3.63, 3.8) is 0 Å². The molecule has 12 atom stereocenters. The molecule has 2 aliphatic heterocycles. The van der Waals surface area contributed by atoms with Crippen molar-refractivity contribution in [2.75, 3.05) is 26.7 Å². The van der Waals surface area contributed by atoms with Crippen LogP contribution in [0.3, 0.4) is 0 Å². The number of nitrogens with one attached hydrogen (secondary N) is 2. The zero-order valence-electron chi connectivity index (χ0n) is 19.8. The van der Waals surface area contributed by atoms with E-state index in [0.717, 1.165) is 6.42 Å². The van der Waals surface area contributed by atoms with Crippen LogP contribution in [0.15, 0.2) is 0 Å². The Labute approximate surface area is 195 Å². The van der Waals surface area contributed by atoms with Gasteiger partial charge in [-0.3, -0.25) is 0 Å². The first-order valence-electron chi connectivity index (χ1n) is 11.9. The Balaban J connectivity index is 1.74. The van der Waals surface area contributed by atoms with Gasteiger partial charge in [0.1, 0.15) is 30.0 Å². The molecule has 0 unspecified atom stereocenters. The molecule has 2 heterocycles. The maximum absolute atomic E-state index is 11.3. The van der Waals surface area contributed by atoms with Crippen LogP contribution in [0.1, 0.15) is 33.1 Å². The van der Waals surface area contributed by atoms with Crippen LogP contribution in [0.5, 0.6) is 0 Å². The van der Waals surface area contributed by atoms with Crippen LogP contribution >= 0.6 is 0 Å². The summed E-state index contributed by atoms with van der Waals surface area (Å²) in [6, 6.07) is -1.84. The summed E-state index contributed by atoms with van der Waals surface area (Å²) in [6.07, 6.45) is -3.97. The van der Waals surface area contributed by atoms with Gasteiger partial charge in [-0.05, 0) is 39.8 Å². The Hall–Kier alpha value is -0.480. The van der Waals surface area contributed by atoms with Crippen LogP contribution in [-0.2, 0) is 18.9 Å². The van der Waals surface area contributed by atoms with Gasteiger partial charge in [-0.1, -0.05) is 6.92 Å². The summed E-state index contributed by atoms with van der Waals surface area (Å²) >= 11 is 0. The molecule has 1 saturated carbocycles. The molecular weight excluding hydrogens is 434 g/mol. The Kier molecular flexibility index (Phi) is 9.45. The number of rotatable bonds is 8. The number of hydrogen-bond acceptors (Lipinski definition) is 12. The second kappa shape index (κ2) is 11.5. The van der Waals surface area contributed by atoms with Crippen LogP contribution < -0.4 is 27.8 Å². The number of likely N-dealkylation sites (N-methyl/N-ethyl adjacent to an activating group) is 2. The van der Waals surface area contributed by atoms with Crippen LogP contribution in [0.4, 0.5) is 0 Å². The summed E-state index contributed by atoms with van der Waals surface area (Å²) in [6.45, 7) is 4.47. The van der Waals surface area contributed by atoms with E-state index in [0.29, 0.717) is 25.9 Å². The van der Waals surface area contributed by atoms with Crippen molar-refractivity contribution < 1.29 is 34.3 Å². The lowest BCUT2D eigenvalue weighted by molar-refractivity contribution is -0.308. The number of aliphatic hydroxyl groups excluding tert-OH is 2. The third-order valence-corrected chi connectivity index (χ3v) is 6.97. The van der Waals surface area contributed by atoms with Crippen LogP contribution in [0, 0.1) is 0 Å². The van der Waals surface area contributed by atoms with E-state index in [9.17, 15) is 15.3 Å². The fourth-order valence-electron chi connectivity index (χ4n) is 5.11. The first-order valence-corrected chi connectivity index (χ1v) is 11.9. The molecular formula is C21H43N5O7. The van der Waals surface area contributed by atoms with E-state index >= 15 is 0 Å². The van der Waals surface area contributed by atoms with E-state index in [-0.39, 0.29) is 24.8 Å². The van der Waals surface area contributed by atoms with Crippen LogP contribution in [-0.4, -0.2) is 115 Å². The monoisotopic (exact) mass is 477 g/mol. The van der Waals surface area contributed by atoms with E-state index in [4.69, 9.17) is 36.1 Å². The fraction of sp³-hybridized carbons (Fsp3) is 1.00. The summed E-state index contributed by atoms with van der Waals surface area (Å²) in [5, 5.41) is 38.8. The quantitative estimate of drug-likeness (QED) is 0.173. The molecule has 12 nitrogen and oxygen atoms in total. The van der Waals surface area contributed by atoms with Gasteiger partial charge in [-0.2, -0.15) is 0 Å². The molecule has 0 radical (unpaired) electrons. The smallest absolute Gasteiger partial charge is 0.185 e. The normalized spacial score (nSPS) is 49.2. The van der Waals surface area contributed by atoms with Crippen molar-refractivity contribution in [3.8, 4) is 0 Å². The standard InChI is InChI=1S/C21H43N5O7/c1-4-26-13-7-12(24)16(32-19-11(23)6-5-10(8-22)31-19)14(27)17(13)33-20-15(28)18(25-3)21(2,29)9-30-20/h10-20,25-29H,4-9,22-24H2,1-3H3/t10-,11-,12+,13+,14-,15+,16+,17-,18+,19+,20-,21+/m0/s1. The molecule has 11 N–H and O–H groups in total. The van der Waals surface area contributed by atoms with E-state index in [2.05, 4.69) is 10.6 Å². The van der Waals surface area contributed by atoms with E-state index < -0.39 is 54.7 Å². The molecule has 0 bridgehead atoms. The molecule has 12 heteroatoms. The van der Waals surface area contributed by atoms with Crippen LogP contribution in [0.25, 0.3) is 0 Å². The topological polar surface area (TPSA) is 200 Å². The summed E-state index contributed by atoms with van der Waals surface area (Å²) < 4.78 is 23.7. The Morgan fingerprint density at radius 1 is 1.06 bits per heavy atom. The number of ether oxygens (including phenoxy) is 4. The highest BCUT2D eigenvalue weighted by Crippen LogP contribution is 2.32. The second-order valence-electron chi connectivity index (χ2n) is 9.65. The molecule has 0 amide bonds. The van der Waals surface area contributed by atoms with Gasteiger partial charge in [0.25, 0.3) is 0 Å². The molecule has 33 heavy (non-hydrogen) atoms. The van der Waals surface area contributed by atoms with Crippen molar-refractivity contribution >= 4 is 0 Å². The van der Waals surface area contributed by atoms with Gasteiger partial charge in [-0.25, -0.2) is 0 Å². The second-order valence-corrected chi connectivity index (χ2v) is 9.65. The average Bonchev–Trinajstić information content (AvgIpc) is 2.76. The summed E-state index contributed by atoms with van der Waals surface area (Å²) in [7, 11) is 1.65. The zero-order valence-corrected chi connectivity index (χ0v) is 19.8. The molecule has 3 rings (SSSR count). The maximum Gasteiger partial charge on any atom is 0.185 e. The third-order valence-electron chi connectivity index (χ3n) is 6.97. The largest absolute Gasteiger partial charge is 0.388 e. The summed E-state index contributed by atoms with van der Waals surface area (Å²) in [5.74, 6) is 0. The average molecular weight is 478 g/mol. The number of hydrogen-bond donors (Lipinski definition) is 8. The third kappa shape index (κ3) is 6.02. The maximum atomic E-state index is 11.3. The molecule has 3 fully saturated rings. The Morgan fingerprint density at radius 2 is 1.76 bits per heavy atom. The first-order chi connectivity index (χ1) is 15.6. The molecule has 0 aromatic carbocycles. The minimum Gasteiger partial charge on any atom is -0.388 e. The highest BCUT2D eigenvalue weighted by molar-refractivity contribution is 5.02. The van der Waals surface area contributed by atoms with E-state index in [1.807, 2.05) is 6.92 Å². The lowest BCUT2D eigenvalue weighted by Gasteiger charge is -2.49. The summed E-state index contributed by atoms with van der Waals surface area (Å²) in [5.41, 5.74) is 17.1. The van der Waals surface area contributed by atoms with Crippen LogP contribution in [0.2, 0.25) is 0 Å².